The van der Waals surface area contributed by atoms with Crippen molar-refractivity contribution in [3.63, 3.8) is 0 Å². The molecule has 132 valence electrons. The zero-order valence-electron chi connectivity index (χ0n) is 14.6. The van der Waals surface area contributed by atoms with E-state index in [1.165, 1.54) is 0 Å². The normalized spacial score (nSPS) is 17.5. The van der Waals surface area contributed by atoms with Gasteiger partial charge in [0.2, 0.25) is 5.91 Å². The molecular weight excluding hydrogens is 314 g/mol. The minimum Gasteiger partial charge on any atom is -0.384 e. The number of nitrogen functional groups attached to an aromatic ring is 1. The zero-order chi connectivity index (χ0) is 17.6. The Morgan fingerprint density at radius 3 is 3.00 bits per heavy atom. The highest BCUT2D eigenvalue weighted by Gasteiger charge is 2.24. The van der Waals surface area contributed by atoms with Gasteiger partial charge in [-0.05, 0) is 48.6 Å². The summed E-state index contributed by atoms with van der Waals surface area (Å²) >= 11 is 0. The second-order valence-corrected chi connectivity index (χ2v) is 6.56. The van der Waals surface area contributed by atoms with Crippen LogP contribution in [0.25, 0.3) is 0 Å². The van der Waals surface area contributed by atoms with Crippen molar-refractivity contribution in [1.82, 2.24) is 9.88 Å². The molecule has 1 fully saturated rings. The van der Waals surface area contributed by atoms with Crippen LogP contribution in [0.15, 0.2) is 42.6 Å². The summed E-state index contributed by atoms with van der Waals surface area (Å²) in [4.78, 5) is 18.6. The molecule has 2 heterocycles. The van der Waals surface area contributed by atoms with Crippen molar-refractivity contribution < 1.29 is 9.53 Å². The number of nitrogens with two attached hydrogens (primary N) is 1. The van der Waals surface area contributed by atoms with E-state index in [0.29, 0.717) is 31.9 Å². The van der Waals surface area contributed by atoms with Gasteiger partial charge in [0, 0.05) is 19.3 Å². The lowest BCUT2D eigenvalue weighted by molar-refractivity contribution is -0.138. The monoisotopic (exact) mass is 339 g/mol. The van der Waals surface area contributed by atoms with E-state index in [4.69, 9.17) is 10.5 Å². The van der Waals surface area contributed by atoms with E-state index in [-0.39, 0.29) is 12.0 Å². The first-order chi connectivity index (χ1) is 12.1. The number of amides is 1. The molecule has 5 heteroatoms. The van der Waals surface area contributed by atoms with Gasteiger partial charge in [-0.15, -0.1) is 0 Å². The lowest BCUT2D eigenvalue weighted by atomic mass is 10.0. The number of carbonyl (C=O) groups excluding carboxylic acids is 1. The van der Waals surface area contributed by atoms with Crippen LogP contribution < -0.4 is 5.73 Å². The SMILES string of the molecule is Cc1ccccc1CC(=O)N1CCOC(CCc2ccnc(N)c2)C1. The number of ether oxygens (including phenoxy) is 1. The van der Waals surface area contributed by atoms with Gasteiger partial charge in [-0.25, -0.2) is 4.98 Å². The number of anilines is 1. The molecule has 3 rings (SSSR count). The summed E-state index contributed by atoms with van der Waals surface area (Å²) in [7, 11) is 0. The van der Waals surface area contributed by atoms with E-state index >= 15 is 0 Å². The van der Waals surface area contributed by atoms with Gasteiger partial charge >= 0.3 is 0 Å². The van der Waals surface area contributed by atoms with Crippen LogP contribution >= 0.6 is 0 Å². The van der Waals surface area contributed by atoms with E-state index in [1.54, 1.807) is 6.20 Å². The van der Waals surface area contributed by atoms with Gasteiger partial charge in [-0.3, -0.25) is 4.79 Å². The standard InChI is InChI=1S/C20H25N3O2/c1-15-4-2-3-5-17(15)13-20(24)23-10-11-25-18(14-23)7-6-16-8-9-22-19(21)12-16/h2-5,8-9,12,18H,6-7,10-11,13-14H2,1H3,(H2,21,22). The predicted molar refractivity (Wildman–Crippen MR) is 98.2 cm³/mol. The topological polar surface area (TPSA) is 68.5 Å². The van der Waals surface area contributed by atoms with Gasteiger partial charge in [-0.2, -0.15) is 0 Å². The molecule has 1 aromatic heterocycles. The number of pyridine rings is 1. The van der Waals surface area contributed by atoms with Gasteiger partial charge < -0.3 is 15.4 Å². The summed E-state index contributed by atoms with van der Waals surface area (Å²) in [6, 6.07) is 11.9. The van der Waals surface area contributed by atoms with Crippen LogP contribution in [0.4, 0.5) is 5.82 Å². The quantitative estimate of drug-likeness (QED) is 0.908. The molecule has 1 unspecified atom stereocenters. The van der Waals surface area contributed by atoms with Gasteiger partial charge in [0.1, 0.15) is 5.82 Å². The second kappa shape index (κ2) is 8.12. The molecule has 1 aromatic carbocycles. The van der Waals surface area contributed by atoms with Gasteiger partial charge in [0.15, 0.2) is 0 Å². The average Bonchev–Trinajstić information content (AvgIpc) is 2.62. The van der Waals surface area contributed by atoms with Crippen LogP contribution in [-0.2, 0) is 22.4 Å². The smallest absolute Gasteiger partial charge is 0.227 e. The molecule has 0 radical (unpaired) electrons. The maximum atomic E-state index is 12.6. The van der Waals surface area contributed by atoms with Crippen molar-refractivity contribution in [2.45, 2.75) is 32.3 Å². The molecule has 1 atom stereocenters. The number of nitrogens with zero attached hydrogens (tertiary/aromatic N) is 2. The van der Waals surface area contributed by atoms with E-state index in [2.05, 4.69) is 4.98 Å². The van der Waals surface area contributed by atoms with Crippen molar-refractivity contribution in [3.8, 4) is 0 Å². The van der Waals surface area contributed by atoms with Crippen molar-refractivity contribution in [1.29, 1.82) is 0 Å². The highest BCUT2D eigenvalue weighted by Crippen LogP contribution is 2.16. The van der Waals surface area contributed by atoms with Gasteiger partial charge in [0.05, 0.1) is 19.1 Å². The number of hydrogen-bond donors (Lipinski definition) is 1. The molecule has 1 saturated heterocycles. The molecule has 25 heavy (non-hydrogen) atoms. The van der Waals surface area contributed by atoms with Crippen LogP contribution in [0.5, 0.6) is 0 Å². The molecule has 2 aromatic rings. The Labute approximate surface area is 148 Å². The van der Waals surface area contributed by atoms with Crippen molar-refractivity contribution in [2.24, 2.45) is 0 Å². The fourth-order valence-electron chi connectivity index (χ4n) is 3.18. The number of rotatable bonds is 5. The Bertz CT molecular complexity index is 732. The molecule has 2 N–H and O–H groups in total. The summed E-state index contributed by atoms with van der Waals surface area (Å²) in [6.45, 7) is 3.97. The van der Waals surface area contributed by atoms with Gasteiger partial charge in [-0.1, -0.05) is 24.3 Å². The van der Waals surface area contributed by atoms with Crippen LogP contribution in [-0.4, -0.2) is 41.6 Å². The summed E-state index contributed by atoms with van der Waals surface area (Å²) in [5.41, 5.74) is 9.13. The lowest BCUT2D eigenvalue weighted by Gasteiger charge is -2.33. The van der Waals surface area contributed by atoms with E-state index in [9.17, 15) is 4.79 Å². The Morgan fingerprint density at radius 1 is 1.36 bits per heavy atom. The first kappa shape index (κ1) is 17.4. The summed E-state index contributed by atoms with van der Waals surface area (Å²) in [6.07, 6.45) is 4.00. The lowest BCUT2D eigenvalue weighted by Crippen LogP contribution is -2.46. The second-order valence-electron chi connectivity index (χ2n) is 6.56. The fourth-order valence-corrected chi connectivity index (χ4v) is 3.18. The summed E-state index contributed by atoms with van der Waals surface area (Å²) in [5.74, 6) is 0.716. The van der Waals surface area contributed by atoms with E-state index < -0.39 is 0 Å². The molecule has 1 aliphatic heterocycles. The third-order valence-corrected chi connectivity index (χ3v) is 4.69. The van der Waals surface area contributed by atoms with Crippen LogP contribution in [0.2, 0.25) is 0 Å². The van der Waals surface area contributed by atoms with Crippen LogP contribution in [0, 0.1) is 6.92 Å². The maximum Gasteiger partial charge on any atom is 0.227 e. The summed E-state index contributed by atoms with van der Waals surface area (Å²) in [5, 5.41) is 0. The molecular formula is C20H25N3O2. The third kappa shape index (κ3) is 4.79. The van der Waals surface area contributed by atoms with Crippen LogP contribution in [0.3, 0.4) is 0 Å². The van der Waals surface area contributed by atoms with Crippen molar-refractivity contribution >= 4 is 11.7 Å². The molecule has 0 bridgehead atoms. The molecule has 0 spiro atoms. The van der Waals surface area contributed by atoms with Crippen molar-refractivity contribution in [3.05, 3.63) is 59.3 Å². The predicted octanol–water partition coefficient (Wildman–Crippen LogP) is 2.37. The third-order valence-electron chi connectivity index (χ3n) is 4.69. The highest BCUT2D eigenvalue weighted by molar-refractivity contribution is 5.79. The van der Waals surface area contributed by atoms with Crippen LogP contribution in [0.1, 0.15) is 23.1 Å². The maximum absolute atomic E-state index is 12.6. The molecule has 1 amide bonds. The molecule has 0 aliphatic carbocycles. The first-order valence-electron chi connectivity index (χ1n) is 8.76. The van der Waals surface area contributed by atoms with Crippen molar-refractivity contribution in [2.75, 3.05) is 25.4 Å². The number of aryl methyl sites for hydroxylation is 2. The number of hydrogen-bond acceptors (Lipinski definition) is 4. The Hall–Kier alpha value is -2.40. The minimum atomic E-state index is 0.0731. The number of aromatic nitrogens is 1. The van der Waals surface area contributed by atoms with E-state index in [1.807, 2.05) is 48.2 Å². The summed E-state index contributed by atoms with van der Waals surface area (Å²) < 4.78 is 5.84. The van der Waals surface area contributed by atoms with Gasteiger partial charge in [0.25, 0.3) is 0 Å². The molecule has 5 nitrogen and oxygen atoms in total. The fraction of sp³-hybridized carbons (Fsp3) is 0.400. The first-order valence-corrected chi connectivity index (χ1v) is 8.76. The number of morpholine rings is 1. The average molecular weight is 339 g/mol. The Morgan fingerprint density at radius 2 is 2.20 bits per heavy atom. The minimum absolute atomic E-state index is 0.0731. The zero-order valence-corrected chi connectivity index (χ0v) is 14.6. The number of carbonyl (C=O) groups is 1. The molecule has 1 aliphatic rings. The molecule has 0 saturated carbocycles. The Balaban J connectivity index is 1.53. The van der Waals surface area contributed by atoms with E-state index in [0.717, 1.165) is 29.5 Å². The Kier molecular flexibility index (Phi) is 5.66. The number of benzene rings is 1. The largest absolute Gasteiger partial charge is 0.384 e. The highest BCUT2D eigenvalue weighted by atomic mass is 16.5.